The number of rotatable bonds is 9. The van der Waals surface area contributed by atoms with Crippen molar-refractivity contribution in [3.8, 4) is 0 Å². The van der Waals surface area contributed by atoms with Crippen LogP contribution in [0.1, 0.15) is 71.5 Å². The molecule has 3 heterocycles. The molecule has 202 valence electrons. The molecule has 1 saturated carbocycles. The third-order valence-electron chi connectivity index (χ3n) is 7.35. The predicted octanol–water partition coefficient (Wildman–Crippen LogP) is 4.85. The first-order valence-electron chi connectivity index (χ1n) is 13.7. The van der Waals surface area contributed by atoms with Gasteiger partial charge in [-0.15, -0.1) is 0 Å². The molecule has 8 nitrogen and oxygen atoms in total. The second kappa shape index (κ2) is 12.5. The van der Waals surface area contributed by atoms with Gasteiger partial charge in [-0.05, 0) is 49.6 Å². The highest BCUT2D eigenvalue weighted by atomic mass is 16.5. The van der Waals surface area contributed by atoms with Crippen LogP contribution in [0.15, 0.2) is 63.4 Å². The van der Waals surface area contributed by atoms with Crippen LogP contribution in [0.4, 0.5) is 0 Å². The van der Waals surface area contributed by atoms with E-state index in [0.29, 0.717) is 37.0 Å². The summed E-state index contributed by atoms with van der Waals surface area (Å²) in [6, 6.07) is 16.1. The van der Waals surface area contributed by atoms with Gasteiger partial charge in [-0.3, -0.25) is 14.5 Å². The SMILES string of the molecule is Cc1ccc([C@@H](C(=O)NC2CCCCC2)N(Cc2ccccc2)C(=O)c2ccc(CN3CCOCC3)o2)o1. The van der Waals surface area contributed by atoms with Gasteiger partial charge >= 0.3 is 0 Å². The van der Waals surface area contributed by atoms with Crippen LogP contribution in [0.2, 0.25) is 0 Å². The standard InChI is InChI=1S/C30H37N3O5/c1-22-12-14-26(37-22)28(29(34)31-24-10-6-3-7-11-24)33(20-23-8-4-2-5-9-23)30(35)27-15-13-25(38-27)21-32-16-18-36-19-17-32/h2,4-5,8-9,12-15,24,28H,3,6-7,10-11,16-21H2,1H3,(H,31,34)/t28-/m0/s1. The molecule has 0 unspecified atom stereocenters. The molecule has 2 fully saturated rings. The summed E-state index contributed by atoms with van der Waals surface area (Å²) in [5.74, 6) is 1.49. The van der Waals surface area contributed by atoms with E-state index in [4.69, 9.17) is 13.6 Å². The summed E-state index contributed by atoms with van der Waals surface area (Å²) in [6.07, 6.45) is 5.29. The Kier molecular flexibility index (Phi) is 8.61. The van der Waals surface area contributed by atoms with Gasteiger partial charge in [-0.2, -0.15) is 0 Å². The number of benzene rings is 1. The van der Waals surface area contributed by atoms with Gasteiger partial charge in [-0.1, -0.05) is 49.6 Å². The number of morpholine rings is 1. The maximum absolute atomic E-state index is 14.0. The molecule has 1 aliphatic carbocycles. The highest BCUT2D eigenvalue weighted by Crippen LogP contribution is 2.29. The summed E-state index contributed by atoms with van der Waals surface area (Å²) in [6.45, 7) is 5.72. The van der Waals surface area contributed by atoms with Crippen LogP contribution in [-0.2, 0) is 22.6 Å². The van der Waals surface area contributed by atoms with E-state index in [1.54, 1.807) is 17.0 Å². The summed E-state index contributed by atoms with van der Waals surface area (Å²) in [5.41, 5.74) is 0.916. The van der Waals surface area contributed by atoms with Crippen LogP contribution in [0.5, 0.6) is 0 Å². The smallest absolute Gasteiger partial charge is 0.290 e. The molecular formula is C30H37N3O5. The molecule has 8 heteroatoms. The number of carbonyl (C=O) groups is 2. The van der Waals surface area contributed by atoms with Gasteiger partial charge in [0.2, 0.25) is 0 Å². The Hall–Kier alpha value is -3.36. The molecule has 0 spiro atoms. The first-order chi connectivity index (χ1) is 18.6. The zero-order valence-corrected chi connectivity index (χ0v) is 22.1. The van der Waals surface area contributed by atoms with E-state index in [-0.39, 0.29) is 30.2 Å². The monoisotopic (exact) mass is 519 g/mol. The second-order valence-electron chi connectivity index (χ2n) is 10.3. The van der Waals surface area contributed by atoms with E-state index in [0.717, 1.165) is 44.3 Å². The first-order valence-corrected chi connectivity index (χ1v) is 13.7. The molecule has 2 aromatic heterocycles. The van der Waals surface area contributed by atoms with E-state index < -0.39 is 6.04 Å². The van der Waals surface area contributed by atoms with Gasteiger partial charge in [0.25, 0.3) is 11.8 Å². The summed E-state index contributed by atoms with van der Waals surface area (Å²) in [7, 11) is 0. The van der Waals surface area contributed by atoms with E-state index in [2.05, 4.69) is 10.2 Å². The van der Waals surface area contributed by atoms with E-state index >= 15 is 0 Å². The Morgan fingerprint density at radius 1 is 0.974 bits per heavy atom. The summed E-state index contributed by atoms with van der Waals surface area (Å²) in [4.78, 5) is 31.7. The minimum absolute atomic E-state index is 0.104. The average Bonchev–Trinajstić information content (AvgIpc) is 3.59. The number of furan rings is 2. The number of aryl methyl sites for hydroxylation is 1. The average molecular weight is 520 g/mol. The van der Waals surface area contributed by atoms with Crippen molar-refractivity contribution < 1.29 is 23.2 Å². The number of hydrogen-bond acceptors (Lipinski definition) is 6. The Morgan fingerprint density at radius 3 is 2.45 bits per heavy atom. The van der Waals surface area contributed by atoms with Gasteiger partial charge in [0, 0.05) is 25.7 Å². The normalized spacial score (nSPS) is 17.7. The third-order valence-corrected chi connectivity index (χ3v) is 7.35. The number of nitrogens with zero attached hydrogens (tertiary/aromatic N) is 2. The summed E-state index contributed by atoms with van der Waals surface area (Å²) >= 11 is 0. The van der Waals surface area contributed by atoms with Crippen LogP contribution >= 0.6 is 0 Å². The van der Waals surface area contributed by atoms with Crippen molar-refractivity contribution in [2.75, 3.05) is 26.3 Å². The fourth-order valence-corrected chi connectivity index (χ4v) is 5.31. The lowest BCUT2D eigenvalue weighted by molar-refractivity contribution is -0.127. The lowest BCUT2D eigenvalue weighted by Gasteiger charge is -2.31. The molecule has 2 amide bonds. The van der Waals surface area contributed by atoms with Crippen LogP contribution in [0.25, 0.3) is 0 Å². The fraction of sp³-hybridized carbons (Fsp3) is 0.467. The van der Waals surface area contributed by atoms with Crippen molar-refractivity contribution in [3.63, 3.8) is 0 Å². The van der Waals surface area contributed by atoms with Crippen LogP contribution in [-0.4, -0.2) is 54.0 Å². The Balaban J connectivity index is 1.44. The van der Waals surface area contributed by atoms with Gasteiger partial charge in [0.15, 0.2) is 11.8 Å². The molecule has 2 aliphatic rings. The molecule has 38 heavy (non-hydrogen) atoms. The number of nitrogens with one attached hydrogen (secondary N) is 1. The molecule has 0 radical (unpaired) electrons. The maximum atomic E-state index is 14.0. The largest absolute Gasteiger partial charge is 0.464 e. The summed E-state index contributed by atoms with van der Waals surface area (Å²) in [5, 5.41) is 3.22. The molecule has 1 atom stereocenters. The fourth-order valence-electron chi connectivity index (χ4n) is 5.31. The number of amides is 2. The van der Waals surface area contributed by atoms with Crippen molar-refractivity contribution in [2.24, 2.45) is 0 Å². The molecule has 5 rings (SSSR count). The highest BCUT2D eigenvalue weighted by molar-refractivity contribution is 5.96. The maximum Gasteiger partial charge on any atom is 0.290 e. The van der Waals surface area contributed by atoms with Gasteiger partial charge in [0.1, 0.15) is 17.3 Å². The minimum Gasteiger partial charge on any atom is -0.464 e. The predicted molar refractivity (Wildman–Crippen MR) is 142 cm³/mol. The van der Waals surface area contributed by atoms with Crippen molar-refractivity contribution in [1.82, 2.24) is 15.1 Å². The van der Waals surface area contributed by atoms with Crippen molar-refractivity contribution in [2.45, 2.75) is 64.2 Å². The van der Waals surface area contributed by atoms with Gasteiger partial charge in [0.05, 0.1) is 19.8 Å². The quantitative estimate of drug-likeness (QED) is 0.435. The molecule has 1 aromatic carbocycles. The van der Waals surface area contributed by atoms with Crippen LogP contribution < -0.4 is 5.32 Å². The Morgan fingerprint density at radius 2 is 1.74 bits per heavy atom. The van der Waals surface area contributed by atoms with Crippen LogP contribution in [0, 0.1) is 6.92 Å². The number of hydrogen-bond donors (Lipinski definition) is 1. The lowest BCUT2D eigenvalue weighted by atomic mass is 9.95. The van der Waals surface area contributed by atoms with Crippen molar-refractivity contribution >= 4 is 11.8 Å². The topological polar surface area (TPSA) is 88.2 Å². The zero-order valence-electron chi connectivity index (χ0n) is 22.1. The van der Waals surface area contributed by atoms with Gasteiger partial charge < -0.3 is 23.8 Å². The van der Waals surface area contributed by atoms with E-state index in [1.165, 1.54) is 6.42 Å². The minimum atomic E-state index is -0.925. The van der Waals surface area contributed by atoms with Gasteiger partial charge in [-0.25, -0.2) is 0 Å². The third kappa shape index (κ3) is 6.55. The molecule has 1 N–H and O–H groups in total. The van der Waals surface area contributed by atoms with E-state index in [1.807, 2.05) is 49.4 Å². The molecule has 1 saturated heterocycles. The number of ether oxygens (including phenoxy) is 1. The van der Waals surface area contributed by atoms with Crippen molar-refractivity contribution in [3.05, 3.63) is 83.2 Å². The lowest BCUT2D eigenvalue weighted by Crippen LogP contribution is -2.46. The molecular weight excluding hydrogens is 482 g/mol. The second-order valence-corrected chi connectivity index (χ2v) is 10.3. The first kappa shape index (κ1) is 26.3. The highest BCUT2D eigenvalue weighted by Gasteiger charge is 2.36. The molecule has 1 aliphatic heterocycles. The van der Waals surface area contributed by atoms with Crippen molar-refractivity contribution in [1.29, 1.82) is 0 Å². The Labute approximate surface area is 223 Å². The zero-order chi connectivity index (χ0) is 26.3. The molecule has 3 aromatic rings. The van der Waals surface area contributed by atoms with Crippen LogP contribution in [0.3, 0.4) is 0 Å². The molecule has 0 bridgehead atoms. The van der Waals surface area contributed by atoms with E-state index in [9.17, 15) is 9.59 Å². The Bertz CT molecular complexity index is 1190. The summed E-state index contributed by atoms with van der Waals surface area (Å²) < 4.78 is 17.5. The number of carbonyl (C=O) groups excluding carboxylic acids is 2.